The van der Waals surface area contributed by atoms with Gasteiger partial charge in [0.2, 0.25) is 6.79 Å². The standard InChI is InChI=1S/C16H16O5/c1-9-4-11(16(17)15(5-9)19-3)10-6-13-14(21-8-20-13)7-12(10)18-2/h4-7,17H,8H2,1-3H3. The minimum atomic E-state index is 0.0697. The second kappa shape index (κ2) is 5.09. The molecule has 0 aliphatic carbocycles. The summed E-state index contributed by atoms with van der Waals surface area (Å²) in [4.78, 5) is 0. The number of ether oxygens (including phenoxy) is 4. The van der Waals surface area contributed by atoms with Crippen LogP contribution in [0.1, 0.15) is 5.56 Å². The van der Waals surface area contributed by atoms with Crippen LogP contribution in [-0.2, 0) is 0 Å². The fraction of sp³-hybridized carbons (Fsp3) is 0.250. The van der Waals surface area contributed by atoms with Crippen LogP contribution >= 0.6 is 0 Å². The van der Waals surface area contributed by atoms with Crippen molar-refractivity contribution in [2.24, 2.45) is 0 Å². The van der Waals surface area contributed by atoms with Crippen LogP contribution in [0.4, 0.5) is 0 Å². The van der Waals surface area contributed by atoms with Crippen LogP contribution in [0.3, 0.4) is 0 Å². The van der Waals surface area contributed by atoms with Crippen molar-refractivity contribution in [3.63, 3.8) is 0 Å². The van der Waals surface area contributed by atoms with Gasteiger partial charge in [0.1, 0.15) is 5.75 Å². The Balaban J connectivity index is 2.23. The molecular weight excluding hydrogens is 272 g/mol. The second-order valence-corrected chi connectivity index (χ2v) is 4.77. The molecule has 0 radical (unpaired) electrons. The zero-order valence-corrected chi connectivity index (χ0v) is 12.1. The molecule has 2 aromatic carbocycles. The van der Waals surface area contributed by atoms with Gasteiger partial charge in [-0.05, 0) is 30.7 Å². The Morgan fingerprint density at radius 2 is 1.57 bits per heavy atom. The highest BCUT2D eigenvalue weighted by Crippen LogP contribution is 2.47. The van der Waals surface area contributed by atoms with E-state index in [4.69, 9.17) is 18.9 Å². The molecule has 2 aromatic rings. The van der Waals surface area contributed by atoms with Crippen LogP contribution < -0.4 is 18.9 Å². The van der Waals surface area contributed by atoms with Gasteiger partial charge in [0.15, 0.2) is 23.0 Å². The van der Waals surface area contributed by atoms with E-state index >= 15 is 0 Å². The molecule has 0 saturated carbocycles. The van der Waals surface area contributed by atoms with Gasteiger partial charge in [0, 0.05) is 17.2 Å². The van der Waals surface area contributed by atoms with Crippen LogP contribution in [-0.4, -0.2) is 26.1 Å². The van der Waals surface area contributed by atoms with E-state index in [-0.39, 0.29) is 12.5 Å². The highest BCUT2D eigenvalue weighted by molar-refractivity contribution is 5.81. The zero-order chi connectivity index (χ0) is 15.0. The Morgan fingerprint density at radius 1 is 0.905 bits per heavy atom. The molecule has 0 atom stereocenters. The van der Waals surface area contributed by atoms with Crippen molar-refractivity contribution in [2.45, 2.75) is 6.92 Å². The normalized spacial score (nSPS) is 12.3. The van der Waals surface area contributed by atoms with Crippen LogP contribution in [0.2, 0.25) is 0 Å². The minimum absolute atomic E-state index is 0.0697. The molecule has 1 N–H and O–H groups in total. The Bertz CT molecular complexity index is 694. The van der Waals surface area contributed by atoms with Gasteiger partial charge in [0.25, 0.3) is 0 Å². The van der Waals surface area contributed by atoms with Gasteiger partial charge in [0.05, 0.1) is 14.2 Å². The lowest BCUT2D eigenvalue weighted by molar-refractivity contribution is 0.174. The first-order valence-electron chi connectivity index (χ1n) is 6.49. The first-order valence-corrected chi connectivity index (χ1v) is 6.49. The fourth-order valence-electron chi connectivity index (χ4n) is 2.41. The molecular formula is C16H16O5. The Labute approximate surface area is 122 Å². The third kappa shape index (κ3) is 2.20. The summed E-state index contributed by atoms with van der Waals surface area (Å²) in [5, 5.41) is 10.4. The lowest BCUT2D eigenvalue weighted by Gasteiger charge is -2.14. The highest BCUT2D eigenvalue weighted by atomic mass is 16.7. The summed E-state index contributed by atoms with van der Waals surface area (Å²) in [5.41, 5.74) is 2.32. The van der Waals surface area contributed by atoms with Crippen molar-refractivity contribution in [1.82, 2.24) is 0 Å². The predicted molar refractivity (Wildman–Crippen MR) is 77.5 cm³/mol. The summed E-state index contributed by atoms with van der Waals surface area (Å²) in [5.74, 6) is 2.35. The van der Waals surface area contributed by atoms with E-state index in [0.717, 1.165) is 11.1 Å². The van der Waals surface area contributed by atoms with Gasteiger partial charge >= 0.3 is 0 Å². The third-order valence-electron chi connectivity index (χ3n) is 3.42. The smallest absolute Gasteiger partial charge is 0.231 e. The number of methoxy groups -OCH3 is 2. The van der Waals surface area contributed by atoms with E-state index in [2.05, 4.69) is 0 Å². The maximum atomic E-state index is 10.4. The first kappa shape index (κ1) is 13.4. The molecule has 0 amide bonds. The Morgan fingerprint density at radius 3 is 2.24 bits per heavy atom. The van der Waals surface area contributed by atoms with E-state index in [1.165, 1.54) is 7.11 Å². The lowest BCUT2D eigenvalue weighted by Crippen LogP contribution is -1.92. The maximum Gasteiger partial charge on any atom is 0.231 e. The van der Waals surface area contributed by atoms with Crippen LogP contribution in [0.25, 0.3) is 11.1 Å². The second-order valence-electron chi connectivity index (χ2n) is 4.77. The van der Waals surface area contributed by atoms with Gasteiger partial charge in [-0.25, -0.2) is 0 Å². The van der Waals surface area contributed by atoms with Gasteiger partial charge in [-0.1, -0.05) is 0 Å². The monoisotopic (exact) mass is 288 g/mol. The number of phenols is 1. The molecule has 1 heterocycles. The van der Waals surface area contributed by atoms with Crippen molar-refractivity contribution >= 4 is 0 Å². The molecule has 0 fully saturated rings. The summed E-state index contributed by atoms with van der Waals surface area (Å²) >= 11 is 0. The van der Waals surface area contributed by atoms with Crippen LogP contribution in [0.5, 0.6) is 28.7 Å². The lowest BCUT2D eigenvalue weighted by atomic mass is 10.00. The molecule has 0 unspecified atom stereocenters. The molecule has 0 saturated heterocycles. The number of benzene rings is 2. The number of fused-ring (bicyclic) bond motifs is 1. The Hall–Kier alpha value is -2.56. The number of hydrogen-bond acceptors (Lipinski definition) is 5. The van der Waals surface area contributed by atoms with Gasteiger partial charge in [-0.3, -0.25) is 0 Å². The number of aromatic hydroxyl groups is 1. The van der Waals surface area contributed by atoms with Crippen LogP contribution in [0, 0.1) is 6.92 Å². The zero-order valence-electron chi connectivity index (χ0n) is 12.1. The molecule has 110 valence electrons. The van der Waals surface area contributed by atoms with Gasteiger partial charge in [-0.15, -0.1) is 0 Å². The molecule has 0 spiro atoms. The van der Waals surface area contributed by atoms with E-state index in [9.17, 15) is 5.11 Å². The van der Waals surface area contributed by atoms with Crippen molar-refractivity contribution in [2.75, 3.05) is 21.0 Å². The molecule has 5 nitrogen and oxygen atoms in total. The summed E-state index contributed by atoms with van der Waals surface area (Å²) in [7, 11) is 3.10. The predicted octanol–water partition coefficient (Wildman–Crippen LogP) is 3.11. The number of rotatable bonds is 3. The quantitative estimate of drug-likeness (QED) is 0.940. The fourth-order valence-corrected chi connectivity index (χ4v) is 2.41. The molecule has 5 heteroatoms. The van der Waals surface area contributed by atoms with E-state index in [1.54, 1.807) is 25.3 Å². The van der Waals surface area contributed by atoms with Crippen molar-refractivity contribution in [3.05, 3.63) is 29.8 Å². The maximum absolute atomic E-state index is 10.4. The molecule has 0 bridgehead atoms. The molecule has 0 aromatic heterocycles. The highest BCUT2D eigenvalue weighted by Gasteiger charge is 2.21. The molecule has 3 rings (SSSR count). The number of phenolic OH excluding ortho intramolecular Hbond substituents is 1. The van der Waals surface area contributed by atoms with Gasteiger partial charge < -0.3 is 24.1 Å². The summed E-state index contributed by atoms with van der Waals surface area (Å²) in [6, 6.07) is 7.21. The van der Waals surface area contributed by atoms with Crippen molar-refractivity contribution < 1.29 is 24.1 Å². The molecule has 21 heavy (non-hydrogen) atoms. The van der Waals surface area contributed by atoms with Crippen molar-refractivity contribution in [3.8, 4) is 39.9 Å². The largest absolute Gasteiger partial charge is 0.504 e. The number of aryl methyl sites for hydroxylation is 1. The SMILES string of the molecule is COc1cc2c(cc1-c1cc(C)cc(OC)c1O)OCO2. The molecule has 1 aliphatic rings. The van der Waals surface area contributed by atoms with Crippen LogP contribution in [0.15, 0.2) is 24.3 Å². The summed E-state index contributed by atoms with van der Waals surface area (Å²) < 4.78 is 21.4. The number of hydrogen-bond donors (Lipinski definition) is 1. The van der Waals surface area contributed by atoms with E-state index in [0.29, 0.717) is 28.6 Å². The molecule has 1 aliphatic heterocycles. The third-order valence-corrected chi connectivity index (χ3v) is 3.42. The summed E-state index contributed by atoms with van der Waals surface area (Å²) in [6.07, 6.45) is 0. The van der Waals surface area contributed by atoms with E-state index in [1.807, 2.05) is 13.0 Å². The average molecular weight is 288 g/mol. The van der Waals surface area contributed by atoms with E-state index < -0.39 is 0 Å². The minimum Gasteiger partial charge on any atom is -0.504 e. The van der Waals surface area contributed by atoms with Gasteiger partial charge in [-0.2, -0.15) is 0 Å². The topological polar surface area (TPSA) is 57.2 Å². The average Bonchev–Trinajstić information content (AvgIpc) is 2.95. The Kier molecular flexibility index (Phi) is 3.25. The van der Waals surface area contributed by atoms with Crippen molar-refractivity contribution in [1.29, 1.82) is 0 Å². The first-order chi connectivity index (χ1) is 10.1. The summed E-state index contributed by atoms with van der Waals surface area (Å²) in [6.45, 7) is 2.12.